The van der Waals surface area contributed by atoms with E-state index in [0.717, 1.165) is 0 Å². The Morgan fingerprint density at radius 3 is 2.48 bits per heavy atom. The summed E-state index contributed by atoms with van der Waals surface area (Å²) in [4.78, 5) is 31.8. The zero-order valence-electron chi connectivity index (χ0n) is 19.9. The van der Waals surface area contributed by atoms with Crippen molar-refractivity contribution in [3.05, 3.63) is 29.8 Å². The first-order valence-corrected chi connectivity index (χ1v) is 12.9. The minimum Gasteiger partial charge on any atom is -0.444 e. The molecule has 0 unspecified atom stereocenters. The highest BCUT2D eigenvalue weighted by atomic mass is 32.2. The molecule has 2 atom stereocenters. The monoisotopic (exact) mass is 478 g/mol. The average Bonchev–Trinajstić information content (AvgIpc) is 3.01. The highest BCUT2D eigenvalue weighted by molar-refractivity contribution is 7.90. The van der Waals surface area contributed by atoms with E-state index in [4.69, 9.17) is 4.74 Å². The van der Waals surface area contributed by atoms with Crippen LogP contribution in [0.5, 0.6) is 0 Å². The quantitative estimate of drug-likeness (QED) is 0.675. The first kappa shape index (κ1) is 25.0. The van der Waals surface area contributed by atoms with Crippen molar-refractivity contribution in [2.75, 3.05) is 13.1 Å². The number of ether oxygens (including phenoxy) is 1. The van der Waals surface area contributed by atoms with E-state index in [1.165, 1.54) is 6.07 Å². The Labute approximate surface area is 196 Å². The Kier molecular flexibility index (Phi) is 7.36. The van der Waals surface area contributed by atoms with Gasteiger partial charge in [0.1, 0.15) is 17.5 Å². The maximum absolute atomic E-state index is 13.2. The van der Waals surface area contributed by atoms with Gasteiger partial charge in [0.2, 0.25) is 5.91 Å². The third kappa shape index (κ3) is 6.04. The summed E-state index contributed by atoms with van der Waals surface area (Å²) in [7, 11) is -3.67. The van der Waals surface area contributed by atoms with E-state index in [1.807, 2.05) is 34.6 Å². The van der Waals surface area contributed by atoms with E-state index in [-0.39, 0.29) is 34.7 Å². The van der Waals surface area contributed by atoms with Crippen molar-refractivity contribution in [3.63, 3.8) is 0 Å². The molecule has 182 valence electrons. The summed E-state index contributed by atoms with van der Waals surface area (Å²) < 4.78 is 32.7. The number of hydrogen-bond acceptors (Lipinski definition) is 6. The fraction of sp³-hybridized carbons (Fsp3) is 0.609. The van der Waals surface area contributed by atoms with E-state index >= 15 is 0 Å². The number of hydrogen-bond donors (Lipinski definition) is 2. The molecule has 9 nitrogen and oxygen atoms in total. The molecule has 10 heteroatoms. The zero-order chi connectivity index (χ0) is 24.4. The van der Waals surface area contributed by atoms with Crippen molar-refractivity contribution in [3.8, 4) is 0 Å². The predicted molar refractivity (Wildman–Crippen MR) is 126 cm³/mol. The molecule has 0 bridgehead atoms. The molecule has 0 aliphatic carbocycles. The number of piperidine rings is 1. The van der Waals surface area contributed by atoms with Crippen molar-refractivity contribution in [1.29, 1.82) is 0 Å². The molecule has 2 aliphatic rings. The van der Waals surface area contributed by atoms with Crippen LogP contribution in [0.3, 0.4) is 0 Å². The number of nitrogens with one attached hydrogen (secondary N) is 2. The summed E-state index contributed by atoms with van der Waals surface area (Å²) in [6.45, 7) is 10.4. The zero-order valence-corrected chi connectivity index (χ0v) is 20.7. The lowest BCUT2D eigenvalue weighted by atomic mass is 9.97. The van der Waals surface area contributed by atoms with E-state index in [2.05, 4.69) is 15.0 Å². The topological polar surface area (TPSA) is 117 Å². The molecule has 1 aromatic carbocycles. The van der Waals surface area contributed by atoms with E-state index in [0.29, 0.717) is 37.9 Å². The van der Waals surface area contributed by atoms with Gasteiger partial charge >= 0.3 is 6.09 Å². The largest absolute Gasteiger partial charge is 0.444 e. The summed E-state index contributed by atoms with van der Waals surface area (Å²) in [6.07, 6.45) is 1.60. The number of fused-ring (bicyclic) bond motifs is 1. The van der Waals surface area contributed by atoms with Crippen LogP contribution < -0.4 is 10.0 Å². The number of carbonyl (C=O) groups is 2. The normalized spacial score (nSPS) is 21.1. The van der Waals surface area contributed by atoms with Gasteiger partial charge in [-0.15, -0.1) is 0 Å². The average molecular weight is 479 g/mol. The molecule has 2 heterocycles. The van der Waals surface area contributed by atoms with Gasteiger partial charge in [0.15, 0.2) is 0 Å². The molecule has 3 rings (SSSR count). The van der Waals surface area contributed by atoms with Crippen LogP contribution in [-0.2, 0) is 19.6 Å². The van der Waals surface area contributed by atoms with Gasteiger partial charge in [0.05, 0.1) is 4.90 Å². The fourth-order valence-electron chi connectivity index (χ4n) is 3.86. The molecule has 1 saturated heterocycles. The molecule has 0 saturated carbocycles. The van der Waals surface area contributed by atoms with Gasteiger partial charge in [0.25, 0.3) is 10.0 Å². The number of amidine groups is 1. The molecule has 0 aromatic heterocycles. The Balaban J connectivity index is 1.69. The van der Waals surface area contributed by atoms with Gasteiger partial charge in [-0.25, -0.2) is 13.2 Å². The SMILES string of the molecule is CC[C@H](C)[C@H](N=C1NS(=O)(=O)c2ccccc21)C(=O)NC1CCN(C(=O)OC(C)(C)C)CC1. The fourth-order valence-corrected chi connectivity index (χ4v) is 5.09. The number of rotatable bonds is 5. The predicted octanol–water partition coefficient (Wildman–Crippen LogP) is 2.66. The van der Waals surface area contributed by atoms with Crippen molar-refractivity contribution in [1.82, 2.24) is 14.9 Å². The van der Waals surface area contributed by atoms with Crippen molar-refractivity contribution < 1.29 is 22.7 Å². The molecule has 2 aliphatic heterocycles. The van der Waals surface area contributed by atoms with Crippen LogP contribution >= 0.6 is 0 Å². The third-order valence-corrected chi connectivity index (χ3v) is 7.27. The van der Waals surface area contributed by atoms with E-state index in [1.54, 1.807) is 23.1 Å². The summed E-state index contributed by atoms with van der Waals surface area (Å²) in [5.41, 5.74) is -0.0742. The lowest BCUT2D eigenvalue weighted by Crippen LogP contribution is -2.50. The molecular formula is C23H34N4O5S. The van der Waals surface area contributed by atoms with E-state index < -0.39 is 21.7 Å². The second-order valence-corrected chi connectivity index (χ2v) is 11.3. The number of sulfonamides is 1. The summed E-state index contributed by atoms with van der Waals surface area (Å²) in [6, 6.07) is 5.79. The molecule has 2 N–H and O–H groups in total. The first-order valence-electron chi connectivity index (χ1n) is 11.4. The van der Waals surface area contributed by atoms with Crippen LogP contribution in [0.4, 0.5) is 4.79 Å². The number of likely N-dealkylation sites (tertiary alicyclic amines) is 1. The molecular weight excluding hydrogens is 444 g/mol. The van der Waals surface area contributed by atoms with E-state index in [9.17, 15) is 18.0 Å². The Morgan fingerprint density at radius 2 is 1.88 bits per heavy atom. The number of aliphatic imine (C=N–C) groups is 1. The maximum Gasteiger partial charge on any atom is 0.410 e. The van der Waals surface area contributed by atoms with Crippen LogP contribution in [0.25, 0.3) is 0 Å². The minimum absolute atomic E-state index is 0.0865. The number of nitrogens with zero attached hydrogens (tertiary/aromatic N) is 2. The second kappa shape index (κ2) is 9.70. The Hall–Kier alpha value is -2.62. The molecule has 0 spiro atoms. The number of carbonyl (C=O) groups excluding carboxylic acids is 2. The second-order valence-electron chi connectivity index (χ2n) is 9.66. The molecule has 2 amide bonds. The molecule has 1 fully saturated rings. The van der Waals surface area contributed by atoms with Crippen LogP contribution in [0.2, 0.25) is 0 Å². The Morgan fingerprint density at radius 1 is 1.24 bits per heavy atom. The highest BCUT2D eigenvalue weighted by Gasteiger charge is 2.34. The smallest absolute Gasteiger partial charge is 0.410 e. The van der Waals surface area contributed by atoms with Crippen LogP contribution in [0.1, 0.15) is 59.4 Å². The number of amides is 2. The lowest BCUT2D eigenvalue weighted by Gasteiger charge is -2.34. The van der Waals surface area contributed by atoms with Gasteiger partial charge in [-0.3, -0.25) is 14.5 Å². The summed E-state index contributed by atoms with van der Waals surface area (Å²) >= 11 is 0. The third-order valence-electron chi connectivity index (χ3n) is 5.88. The molecule has 33 heavy (non-hydrogen) atoms. The van der Waals surface area contributed by atoms with Crippen LogP contribution in [0, 0.1) is 5.92 Å². The number of benzene rings is 1. The van der Waals surface area contributed by atoms with Gasteiger partial charge in [0, 0.05) is 24.7 Å². The van der Waals surface area contributed by atoms with Crippen molar-refractivity contribution in [2.24, 2.45) is 10.9 Å². The van der Waals surface area contributed by atoms with Gasteiger partial charge in [-0.2, -0.15) is 0 Å². The maximum atomic E-state index is 13.2. The van der Waals surface area contributed by atoms with Gasteiger partial charge in [-0.05, 0) is 51.7 Å². The summed E-state index contributed by atoms with van der Waals surface area (Å²) in [5, 5.41) is 3.06. The first-order chi connectivity index (χ1) is 15.4. The minimum atomic E-state index is -3.67. The summed E-state index contributed by atoms with van der Waals surface area (Å²) in [5.74, 6) is -0.126. The molecule has 0 radical (unpaired) electrons. The highest BCUT2D eigenvalue weighted by Crippen LogP contribution is 2.24. The lowest BCUT2D eigenvalue weighted by molar-refractivity contribution is -0.124. The van der Waals surface area contributed by atoms with Crippen LogP contribution in [-0.4, -0.2) is 61.9 Å². The van der Waals surface area contributed by atoms with Crippen molar-refractivity contribution >= 4 is 27.9 Å². The standard InChI is InChI=1S/C23H34N4O5S/c1-6-15(2)19(25-20-17-9-7-8-10-18(17)33(30,31)26-20)21(28)24-16-11-13-27(14-12-16)22(29)32-23(3,4)5/h7-10,15-16,19H,6,11-14H2,1-5H3,(H,24,28)(H,25,26)/t15-,19-/m0/s1. The van der Waals surface area contributed by atoms with Crippen molar-refractivity contribution in [2.45, 2.75) is 76.5 Å². The van der Waals surface area contributed by atoms with Gasteiger partial charge in [-0.1, -0.05) is 32.4 Å². The molecule has 1 aromatic rings. The van der Waals surface area contributed by atoms with Gasteiger partial charge < -0.3 is 15.0 Å². The van der Waals surface area contributed by atoms with Crippen LogP contribution in [0.15, 0.2) is 34.2 Å². The Bertz CT molecular complexity index is 1020.